The van der Waals surface area contributed by atoms with E-state index >= 15 is 0 Å². The van der Waals surface area contributed by atoms with Crippen LogP contribution in [0.1, 0.15) is 9.67 Å². The molecule has 0 saturated carbocycles. The first-order chi connectivity index (χ1) is 15.8. The number of ketones is 1. The van der Waals surface area contributed by atoms with Crippen LogP contribution in [-0.4, -0.2) is 94.6 Å². The number of rotatable bonds is 8. The molecule has 33 heavy (non-hydrogen) atoms. The van der Waals surface area contributed by atoms with Gasteiger partial charge in [-0.2, -0.15) is 4.99 Å². The molecule has 0 bridgehead atoms. The van der Waals surface area contributed by atoms with E-state index in [1.54, 1.807) is 7.05 Å². The summed E-state index contributed by atoms with van der Waals surface area (Å²) in [5, 5.41) is 23.4. The summed E-state index contributed by atoms with van der Waals surface area (Å²) in [5.41, 5.74) is -1.22. The van der Waals surface area contributed by atoms with Gasteiger partial charge in [-0.05, 0) is 10.4 Å². The predicted octanol–water partition coefficient (Wildman–Crippen LogP) is -1.90. The average Bonchev–Trinajstić information content (AvgIpc) is 3.44. The lowest BCUT2D eigenvalue weighted by atomic mass is 9.89. The Bertz CT molecular complexity index is 1210. The highest BCUT2D eigenvalue weighted by Gasteiger charge is 2.57. The van der Waals surface area contributed by atoms with Gasteiger partial charge in [0.2, 0.25) is 17.5 Å². The first kappa shape index (κ1) is 23.1. The van der Waals surface area contributed by atoms with Crippen molar-refractivity contribution in [2.24, 2.45) is 17.5 Å². The molecule has 2 aliphatic rings. The molecule has 0 aromatic carbocycles. The van der Waals surface area contributed by atoms with E-state index in [-0.39, 0.29) is 27.7 Å². The van der Waals surface area contributed by atoms with Crippen molar-refractivity contribution < 1.29 is 29.1 Å². The number of thiazole rings is 1. The smallest absolute Gasteiger partial charge is 0.313 e. The zero-order chi connectivity index (χ0) is 23.8. The van der Waals surface area contributed by atoms with Crippen LogP contribution in [0.15, 0.2) is 16.3 Å². The number of tetrazole rings is 1. The van der Waals surface area contributed by atoms with E-state index in [0.717, 1.165) is 11.3 Å². The van der Waals surface area contributed by atoms with Crippen LogP contribution in [-0.2, 0) is 26.2 Å². The number of carboxylic acid groups (broad SMARTS) is 1. The molecule has 3 atom stereocenters. The lowest BCUT2D eigenvalue weighted by Gasteiger charge is -2.53. The van der Waals surface area contributed by atoms with Crippen molar-refractivity contribution in [3.8, 4) is 0 Å². The molecule has 2 fully saturated rings. The van der Waals surface area contributed by atoms with Crippen molar-refractivity contribution in [2.75, 3.05) is 18.1 Å². The molecule has 2 saturated heterocycles. The second-order valence-corrected chi connectivity index (χ2v) is 10.3. The normalized spacial score (nSPS) is 24.7. The fourth-order valence-electron chi connectivity index (χ4n) is 3.28. The number of aliphatic carboxylic acids is 1. The number of Topliss-reactive ketones (excluding diaryl/α,β-unsaturated/α-hetero) is 1. The molecule has 4 rings (SSSR count). The predicted molar refractivity (Wildman–Crippen MR) is 114 cm³/mol. The molecular formula is C16H16N8O6S3. The molecule has 2 aromatic heterocycles. The monoisotopic (exact) mass is 512 g/mol. The van der Waals surface area contributed by atoms with Crippen LogP contribution >= 0.6 is 34.9 Å². The summed E-state index contributed by atoms with van der Waals surface area (Å²) in [4.78, 5) is 67.5. The van der Waals surface area contributed by atoms with Crippen molar-refractivity contribution in [2.45, 2.75) is 16.6 Å². The fourth-order valence-corrected chi connectivity index (χ4v) is 6.72. The second kappa shape index (κ2) is 9.06. The number of carbonyl (C=O) groups excluding carboxylic acids is 4. The summed E-state index contributed by atoms with van der Waals surface area (Å²) in [7, 11) is 1.64. The highest BCUT2D eigenvalue weighted by atomic mass is 32.2. The summed E-state index contributed by atoms with van der Waals surface area (Å²) < 4.78 is 1.43. The van der Waals surface area contributed by atoms with Crippen LogP contribution < -0.4 is 10.1 Å². The average molecular weight is 513 g/mol. The van der Waals surface area contributed by atoms with E-state index < -0.39 is 40.4 Å². The number of nitrogens with one attached hydrogen (secondary N) is 2. The van der Waals surface area contributed by atoms with Crippen LogP contribution in [0.3, 0.4) is 0 Å². The number of amides is 3. The van der Waals surface area contributed by atoms with Gasteiger partial charge in [0.25, 0.3) is 11.7 Å². The summed E-state index contributed by atoms with van der Waals surface area (Å²) in [6.07, 6.45) is 1.56. The van der Waals surface area contributed by atoms with Crippen molar-refractivity contribution in [3.63, 3.8) is 0 Å². The van der Waals surface area contributed by atoms with Crippen molar-refractivity contribution in [1.29, 1.82) is 0 Å². The number of carboxylic acids is 1. The molecule has 3 amide bonds. The number of hydrogen-bond donors (Lipinski definition) is 3. The number of thioether (sulfide) groups is 2. The maximum absolute atomic E-state index is 12.7. The Kier molecular flexibility index (Phi) is 6.35. The van der Waals surface area contributed by atoms with Crippen molar-refractivity contribution in [3.05, 3.63) is 15.9 Å². The highest BCUT2D eigenvalue weighted by Crippen LogP contribution is 2.44. The minimum absolute atomic E-state index is 0.0339. The van der Waals surface area contributed by atoms with E-state index in [9.17, 15) is 29.1 Å². The highest BCUT2D eigenvalue weighted by molar-refractivity contribution is 8.00. The first-order valence-corrected chi connectivity index (χ1v) is 12.1. The molecule has 17 heteroatoms. The number of aryl methyl sites for hydroxylation is 1. The van der Waals surface area contributed by atoms with Gasteiger partial charge >= 0.3 is 5.97 Å². The Morgan fingerprint density at radius 1 is 1.48 bits per heavy atom. The number of hydrogen-bond acceptors (Lipinski definition) is 11. The van der Waals surface area contributed by atoms with Crippen LogP contribution in [0.5, 0.6) is 0 Å². The molecule has 0 aliphatic carbocycles. The summed E-state index contributed by atoms with van der Waals surface area (Å²) in [6, 6.07) is -0.933. The zero-order valence-electron chi connectivity index (χ0n) is 16.8. The quantitative estimate of drug-likeness (QED) is 0.118. The molecule has 0 spiro atoms. The van der Waals surface area contributed by atoms with E-state index in [1.165, 1.54) is 39.3 Å². The number of fused-ring (bicyclic) bond motifs is 1. The van der Waals surface area contributed by atoms with E-state index in [2.05, 4.69) is 30.8 Å². The summed E-state index contributed by atoms with van der Waals surface area (Å²) >= 11 is 3.24. The van der Waals surface area contributed by atoms with Gasteiger partial charge in [0.15, 0.2) is 4.80 Å². The van der Waals surface area contributed by atoms with Gasteiger partial charge in [-0.3, -0.25) is 24.0 Å². The van der Waals surface area contributed by atoms with Crippen LogP contribution in [0, 0.1) is 5.41 Å². The lowest BCUT2D eigenvalue weighted by Crippen LogP contribution is -2.74. The van der Waals surface area contributed by atoms with Crippen LogP contribution in [0.4, 0.5) is 0 Å². The largest absolute Gasteiger partial charge is 0.481 e. The third-order valence-corrected chi connectivity index (χ3v) is 8.91. The van der Waals surface area contributed by atoms with Crippen molar-refractivity contribution in [1.82, 2.24) is 35.4 Å². The molecule has 2 unspecified atom stereocenters. The molecule has 0 radical (unpaired) electrons. The standard InChI is InChI=1S/C16H16N8O6S3/c1-23-15(20-21-22-23)32-5-16(13(29)30)3-24-11(28)8(12(24)31-4-16)19-10(27)9(26)7-2-17-14(33-7)18-6-25/h2,6,8,12H,3-5H2,1H3,(H,19,27)(H,29,30)(H,17,18,25)/t8?,12-,16?/m1/s1. The number of aromatic nitrogens is 5. The van der Waals surface area contributed by atoms with Gasteiger partial charge in [-0.25, -0.2) is 4.68 Å². The number of H-pyrrole nitrogens is 1. The second-order valence-electron chi connectivity index (χ2n) is 7.20. The summed E-state index contributed by atoms with van der Waals surface area (Å²) in [5.74, 6) is -2.99. The Balaban J connectivity index is 1.40. The molecule has 4 heterocycles. The Morgan fingerprint density at radius 3 is 2.94 bits per heavy atom. The maximum Gasteiger partial charge on any atom is 0.313 e. The number of β-lactam (4-membered cyclic amide) rings is 1. The van der Waals surface area contributed by atoms with Crippen LogP contribution in [0.2, 0.25) is 0 Å². The van der Waals surface area contributed by atoms with Gasteiger partial charge in [0.1, 0.15) is 16.8 Å². The molecule has 2 aromatic rings. The third-order valence-electron chi connectivity index (χ3n) is 5.08. The fraction of sp³-hybridized carbons (Fsp3) is 0.438. The van der Waals surface area contributed by atoms with E-state index in [0.29, 0.717) is 11.6 Å². The number of carbonyl (C=O) groups is 5. The number of aromatic amines is 1. The lowest BCUT2D eigenvalue weighted by molar-refractivity contribution is -0.157. The zero-order valence-corrected chi connectivity index (χ0v) is 19.3. The van der Waals surface area contributed by atoms with Gasteiger partial charge in [-0.15, -0.1) is 16.9 Å². The van der Waals surface area contributed by atoms with Gasteiger partial charge in [0, 0.05) is 31.3 Å². The topological polar surface area (TPSA) is 193 Å². The minimum Gasteiger partial charge on any atom is -0.481 e. The molecule has 3 N–H and O–H groups in total. The third kappa shape index (κ3) is 4.30. The van der Waals surface area contributed by atoms with E-state index in [1.807, 2.05) is 0 Å². The molecular weight excluding hydrogens is 496 g/mol. The minimum atomic E-state index is -1.22. The maximum atomic E-state index is 12.7. The van der Waals surface area contributed by atoms with Gasteiger partial charge in [0.05, 0.1) is 4.88 Å². The Labute approximate surface area is 197 Å². The molecule has 2 aliphatic heterocycles. The SMILES string of the molecule is Cn1nnnc1SCC1(C(=O)O)CS[C@@H]2C(NC(=O)C(=O)c3c[nH]c(=NC=O)s3)C(=O)N2C1. The van der Waals surface area contributed by atoms with Crippen molar-refractivity contribution >= 4 is 64.8 Å². The van der Waals surface area contributed by atoms with Gasteiger partial charge in [-0.1, -0.05) is 23.1 Å². The Hall–Kier alpha value is -3.05. The number of nitrogens with zero attached hydrogens (tertiary/aromatic N) is 6. The van der Waals surface area contributed by atoms with E-state index in [4.69, 9.17) is 0 Å². The van der Waals surface area contributed by atoms with Crippen LogP contribution in [0.25, 0.3) is 0 Å². The molecule has 174 valence electrons. The summed E-state index contributed by atoms with van der Waals surface area (Å²) in [6.45, 7) is -0.0339. The molecule has 14 nitrogen and oxygen atoms in total. The van der Waals surface area contributed by atoms with Gasteiger partial charge < -0.3 is 20.3 Å². The first-order valence-electron chi connectivity index (χ1n) is 9.27. The Morgan fingerprint density at radius 2 is 2.27 bits per heavy atom.